The minimum absolute atomic E-state index is 0.488. The maximum atomic E-state index is 4.32. The van der Waals surface area contributed by atoms with Gasteiger partial charge in [0.2, 0.25) is 0 Å². The van der Waals surface area contributed by atoms with E-state index in [1.807, 2.05) is 31.3 Å². The van der Waals surface area contributed by atoms with Crippen molar-refractivity contribution in [1.82, 2.24) is 14.7 Å². The van der Waals surface area contributed by atoms with Gasteiger partial charge in [-0.25, -0.2) is 9.97 Å². The molecule has 0 radical (unpaired) electrons. The molecule has 5 nitrogen and oxygen atoms in total. The van der Waals surface area contributed by atoms with Gasteiger partial charge in [0, 0.05) is 22.3 Å². The van der Waals surface area contributed by atoms with Gasteiger partial charge in [0.15, 0.2) is 0 Å². The van der Waals surface area contributed by atoms with Crippen molar-refractivity contribution in [2.24, 2.45) is 0 Å². The summed E-state index contributed by atoms with van der Waals surface area (Å²) in [4.78, 5) is 9.77. The second-order valence-electron chi connectivity index (χ2n) is 6.15. The highest BCUT2D eigenvalue weighted by atomic mass is 32.2. The Morgan fingerprint density at radius 2 is 1.50 bits per heavy atom. The predicted molar refractivity (Wildman–Crippen MR) is 110 cm³/mol. The van der Waals surface area contributed by atoms with Crippen LogP contribution in [0, 0.1) is 0 Å². The molecule has 3 aromatic rings. The van der Waals surface area contributed by atoms with Crippen molar-refractivity contribution < 1.29 is 0 Å². The summed E-state index contributed by atoms with van der Waals surface area (Å²) < 4.78 is 3.08. The molecule has 2 aromatic carbocycles. The highest BCUT2D eigenvalue weighted by Crippen LogP contribution is 2.24. The summed E-state index contributed by atoms with van der Waals surface area (Å²) in [5, 5.41) is 6.68. The first-order valence-electron chi connectivity index (χ1n) is 8.54. The first-order chi connectivity index (χ1) is 12.6. The van der Waals surface area contributed by atoms with E-state index in [1.165, 1.54) is 5.56 Å². The molecule has 0 bridgehead atoms. The molecule has 0 fully saturated rings. The van der Waals surface area contributed by atoms with Crippen LogP contribution in [-0.4, -0.2) is 17.0 Å². The number of hydrogen-bond acceptors (Lipinski definition) is 6. The number of nitrogens with zero attached hydrogens (tertiary/aromatic N) is 2. The minimum atomic E-state index is 0.488. The molecule has 0 unspecified atom stereocenters. The first-order valence-corrected chi connectivity index (χ1v) is 9.35. The van der Waals surface area contributed by atoms with Gasteiger partial charge in [0.1, 0.15) is 18.0 Å². The number of aromatic nitrogens is 2. The third kappa shape index (κ3) is 4.97. The molecular formula is C20H23N5S. The fourth-order valence-electron chi connectivity index (χ4n) is 2.52. The van der Waals surface area contributed by atoms with Crippen LogP contribution in [0.4, 0.5) is 23.0 Å². The molecule has 1 heterocycles. The summed E-state index contributed by atoms with van der Waals surface area (Å²) in [7, 11) is 1.90. The standard InChI is InChI=1S/C20H23N5S/c1-14(2)15-6-4-7-16(10-15)24-19-12-20(23-13-22-19)25-17-8-5-9-18(11-17)26-21-3/h4-14,21H,1-3H3,(H2,22,23,24,25). The van der Waals surface area contributed by atoms with Gasteiger partial charge in [-0.2, -0.15) is 0 Å². The molecule has 0 aliphatic carbocycles. The summed E-state index contributed by atoms with van der Waals surface area (Å²) in [5.74, 6) is 1.99. The zero-order valence-electron chi connectivity index (χ0n) is 15.2. The highest BCUT2D eigenvalue weighted by molar-refractivity contribution is 7.97. The van der Waals surface area contributed by atoms with Crippen LogP contribution in [0.3, 0.4) is 0 Å². The van der Waals surface area contributed by atoms with Crippen molar-refractivity contribution in [2.75, 3.05) is 17.7 Å². The molecule has 3 rings (SSSR count). The lowest BCUT2D eigenvalue weighted by Gasteiger charge is -2.11. The Balaban J connectivity index is 1.74. The molecule has 0 saturated heterocycles. The third-order valence-corrected chi connectivity index (χ3v) is 4.51. The van der Waals surface area contributed by atoms with E-state index in [1.54, 1.807) is 18.3 Å². The van der Waals surface area contributed by atoms with E-state index in [0.717, 1.165) is 27.9 Å². The lowest BCUT2D eigenvalue weighted by Crippen LogP contribution is -1.99. The maximum Gasteiger partial charge on any atom is 0.135 e. The molecule has 134 valence electrons. The molecule has 0 amide bonds. The van der Waals surface area contributed by atoms with Crippen LogP contribution in [0.25, 0.3) is 0 Å². The maximum absolute atomic E-state index is 4.32. The molecule has 0 saturated carbocycles. The van der Waals surface area contributed by atoms with Crippen LogP contribution in [-0.2, 0) is 0 Å². The normalized spacial score (nSPS) is 10.8. The topological polar surface area (TPSA) is 61.9 Å². The van der Waals surface area contributed by atoms with Crippen molar-refractivity contribution in [3.05, 3.63) is 66.5 Å². The van der Waals surface area contributed by atoms with Crippen molar-refractivity contribution in [3.63, 3.8) is 0 Å². The van der Waals surface area contributed by atoms with E-state index in [0.29, 0.717) is 5.92 Å². The number of rotatable bonds is 7. The average molecular weight is 366 g/mol. The molecular weight excluding hydrogens is 342 g/mol. The molecule has 6 heteroatoms. The van der Waals surface area contributed by atoms with Gasteiger partial charge >= 0.3 is 0 Å². The number of hydrogen-bond donors (Lipinski definition) is 3. The predicted octanol–water partition coefficient (Wildman–Crippen LogP) is 5.31. The van der Waals surface area contributed by atoms with Crippen molar-refractivity contribution >= 4 is 35.0 Å². The Hall–Kier alpha value is -2.57. The van der Waals surface area contributed by atoms with Gasteiger partial charge < -0.3 is 10.6 Å². The summed E-state index contributed by atoms with van der Waals surface area (Å²) in [6.07, 6.45) is 1.56. The van der Waals surface area contributed by atoms with Crippen molar-refractivity contribution in [3.8, 4) is 0 Å². The van der Waals surface area contributed by atoms with Crippen molar-refractivity contribution in [1.29, 1.82) is 0 Å². The summed E-state index contributed by atoms with van der Waals surface area (Å²) in [6, 6.07) is 18.4. The Kier molecular flexibility index (Phi) is 6.09. The van der Waals surface area contributed by atoms with Gasteiger partial charge in [0.25, 0.3) is 0 Å². The molecule has 0 aliphatic rings. The molecule has 3 N–H and O–H groups in total. The van der Waals surface area contributed by atoms with E-state index < -0.39 is 0 Å². The van der Waals surface area contributed by atoms with Crippen LogP contribution in [0.1, 0.15) is 25.3 Å². The number of anilines is 4. The summed E-state index contributed by atoms with van der Waals surface area (Å²) in [5.41, 5.74) is 3.30. The summed E-state index contributed by atoms with van der Waals surface area (Å²) in [6.45, 7) is 4.37. The molecule has 0 spiro atoms. The van der Waals surface area contributed by atoms with Gasteiger partial charge in [-0.3, -0.25) is 4.72 Å². The fraction of sp³-hybridized carbons (Fsp3) is 0.200. The van der Waals surface area contributed by atoms with E-state index in [-0.39, 0.29) is 0 Å². The Bertz CT molecular complexity index is 866. The van der Waals surface area contributed by atoms with Crippen LogP contribution in [0.5, 0.6) is 0 Å². The molecule has 0 aliphatic heterocycles. The molecule has 0 atom stereocenters. The smallest absolute Gasteiger partial charge is 0.135 e. The summed E-state index contributed by atoms with van der Waals surface area (Å²) >= 11 is 1.57. The Morgan fingerprint density at radius 1 is 0.846 bits per heavy atom. The van der Waals surface area contributed by atoms with Crippen LogP contribution < -0.4 is 15.4 Å². The van der Waals surface area contributed by atoms with Gasteiger partial charge in [-0.1, -0.05) is 32.0 Å². The van der Waals surface area contributed by atoms with Crippen LogP contribution in [0.2, 0.25) is 0 Å². The fourth-order valence-corrected chi connectivity index (χ4v) is 3.09. The number of benzene rings is 2. The van der Waals surface area contributed by atoms with E-state index >= 15 is 0 Å². The van der Waals surface area contributed by atoms with Crippen LogP contribution >= 0.6 is 11.9 Å². The number of nitrogens with one attached hydrogen (secondary N) is 3. The van der Waals surface area contributed by atoms with E-state index in [9.17, 15) is 0 Å². The minimum Gasteiger partial charge on any atom is -0.340 e. The monoisotopic (exact) mass is 365 g/mol. The third-order valence-electron chi connectivity index (χ3n) is 3.82. The van der Waals surface area contributed by atoms with Gasteiger partial charge in [-0.15, -0.1) is 0 Å². The SMILES string of the molecule is CNSc1cccc(Nc2cc(Nc3cccc(C(C)C)c3)ncn2)c1. The average Bonchev–Trinajstić information content (AvgIpc) is 2.63. The second-order valence-corrected chi connectivity index (χ2v) is 7.24. The lowest BCUT2D eigenvalue weighted by molar-refractivity contribution is 0.867. The first kappa shape index (κ1) is 18.2. The molecule has 26 heavy (non-hydrogen) atoms. The van der Waals surface area contributed by atoms with Crippen LogP contribution in [0.15, 0.2) is 65.8 Å². The lowest BCUT2D eigenvalue weighted by atomic mass is 10.0. The second kappa shape index (κ2) is 8.69. The zero-order chi connectivity index (χ0) is 18.4. The Labute approximate surface area is 158 Å². The quantitative estimate of drug-likeness (QED) is 0.493. The highest BCUT2D eigenvalue weighted by Gasteiger charge is 2.04. The van der Waals surface area contributed by atoms with E-state index in [2.05, 4.69) is 69.5 Å². The van der Waals surface area contributed by atoms with E-state index in [4.69, 9.17) is 0 Å². The van der Waals surface area contributed by atoms with Crippen molar-refractivity contribution in [2.45, 2.75) is 24.7 Å². The largest absolute Gasteiger partial charge is 0.340 e. The van der Waals surface area contributed by atoms with Gasteiger partial charge in [0.05, 0.1) is 0 Å². The molecule has 1 aromatic heterocycles. The Morgan fingerprint density at radius 3 is 2.15 bits per heavy atom. The van der Waals surface area contributed by atoms with Gasteiger partial charge in [-0.05, 0) is 60.8 Å². The zero-order valence-corrected chi connectivity index (χ0v) is 16.0.